The van der Waals surface area contributed by atoms with E-state index in [1.807, 2.05) is 13.8 Å². The largest absolute Gasteiger partial charge is 0.394 e. The first-order valence-electron chi connectivity index (χ1n) is 8.62. The predicted octanol–water partition coefficient (Wildman–Crippen LogP) is 2.85. The summed E-state index contributed by atoms with van der Waals surface area (Å²) in [6.45, 7) is 4.19. The molecule has 0 bridgehead atoms. The number of aliphatic hydroxyl groups is 1. The van der Waals surface area contributed by atoms with Gasteiger partial charge < -0.3 is 15.7 Å². The molecule has 27 heavy (non-hydrogen) atoms. The van der Waals surface area contributed by atoms with E-state index >= 15 is 0 Å². The van der Waals surface area contributed by atoms with Gasteiger partial charge in [-0.1, -0.05) is 19.4 Å². The van der Waals surface area contributed by atoms with Crippen LogP contribution in [-0.2, 0) is 10.0 Å². The molecule has 0 saturated heterocycles. The summed E-state index contributed by atoms with van der Waals surface area (Å²) in [5, 5.41) is 15.2. The van der Waals surface area contributed by atoms with E-state index < -0.39 is 10.0 Å². The van der Waals surface area contributed by atoms with Crippen molar-refractivity contribution in [3.05, 3.63) is 34.9 Å². The van der Waals surface area contributed by atoms with Gasteiger partial charge in [0.2, 0.25) is 16.0 Å². The standard InChI is InChI=1S/C17H24BrN5O3S/c1-3-4-8-20-27(25,26)14-7-5-6-13(9-14)22-17-19-10-15(18)16(23-17)21-12(2)11-24/h5-7,9-10,12,20,24H,3-4,8,11H2,1-2H3,(H2,19,21,22,23)/t12-/m1/s1. The van der Waals surface area contributed by atoms with Gasteiger partial charge in [0.05, 0.1) is 16.0 Å². The average Bonchev–Trinajstić information content (AvgIpc) is 2.64. The van der Waals surface area contributed by atoms with Crippen molar-refractivity contribution in [2.45, 2.75) is 37.6 Å². The Bertz CT molecular complexity index is 863. The summed E-state index contributed by atoms with van der Waals surface area (Å²) in [7, 11) is -3.56. The zero-order valence-electron chi connectivity index (χ0n) is 15.2. The van der Waals surface area contributed by atoms with Crippen molar-refractivity contribution in [3.63, 3.8) is 0 Å². The first-order chi connectivity index (χ1) is 12.9. The molecular formula is C17H24BrN5O3S. The summed E-state index contributed by atoms with van der Waals surface area (Å²) in [4.78, 5) is 8.71. The first kappa shape index (κ1) is 21.5. The molecule has 0 spiro atoms. The number of nitrogens with zero attached hydrogens (tertiary/aromatic N) is 2. The van der Waals surface area contributed by atoms with Crippen molar-refractivity contribution in [3.8, 4) is 0 Å². The van der Waals surface area contributed by atoms with Crippen molar-refractivity contribution in [2.75, 3.05) is 23.8 Å². The number of nitrogens with one attached hydrogen (secondary N) is 3. The maximum Gasteiger partial charge on any atom is 0.240 e. The second-order valence-electron chi connectivity index (χ2n) is 6.02. The van der Waals surface area contributed by atoms with Crippen LogP contribution in [0.2, 0.25) is 0 Å². The van der Waals surface area contributed by atoms with Crippen LogP contribution in [0.1, 0.15) is 26.7 Å². The molecule has 2 rings (SSSR count). The highest BCUT2D eigenvalue weighted by Crippen LogP contribution is 2.23. The summed E-state index contributed by atoms with van der Waals surface area (Å²) in [5.41, 5.74) is 0.553. The SMILES string of the molecule is CCCCNS(=O)(=O)c1cccc(Nc2ncc(Br)c(N[C@H](C)CO)n2)c1. The smallest absolute Gasteiger partial charge is 0.240 e. The lowest BCUT2D eigenvalue weighted by Gasteiger charge is -2.14. The summed E-state index contributed by atoms with van der Waals surface area (Å²) in [6, 6.07) is 6.29. The summed E-state index contributed by atoms with van der Waals surface area (Å²) in [6.07, 6.45) is 3.27. The zero-order chi connectivity index (χ0) is 19.9. The van der Waals surface area contributed by atoms with Crippen LogP contribution in [0, 0.1) is 0 Å². The third-order valence-corrected chi connectivity index (χ3v) is 5.66. The van der Waals surface area contributed by atoms with Crippen LogP contribution in [-0.4, -0.2) is 42.7 Å². The van der Waals surface area contributed by atoms with E-state index in [1.165, 1.54) is 12.1 Å². The molecule has 1 atom stereocenters. The number of anilines is 3. The van der Waals surface area contributed by atoms with Gasteiger partial charge in [-0.3, -0.25) is 0 Å². The summed E-state index contributed by atoms with van der Waals surface area (Å²) >= 11 is 3.36. The van der Waals surface area contributed by atoms with Gasteiger partial charge in [-0.2, -0.15) is 4.98 Å². The molecule has 2 aromatic rings. The van der Waals surface area contributed by atoms with Crippen molar-refractivity contribution in [1.82, 2.24) is 14.7 Å². The molecule has 0 saturated carbocycles. The molecule has 1 aromatic carbocycles. The normalized spacial score (nSPS) is 12.6. The number of benzene rings is 1. The van der Waals surface area contributed by atoms with Gasteiger partial charge in [0.15, 0.2) is 0 Å². The van der Waals surface area contributed by atoms with Crippen molar-refractivity contribution in [1.29, 1.82) is 0 Å². The minimum absolute atomic E-state index is 0.0376. The highest BCUT2D eigenvalue weighted by molar-refractivity contribution is 9.10. The van der Waals surface area contributed by atoms with Crippen LogP contribution in [0.5, 0.6) is 0 Å². The van der Waals surface area contributed by atoms with Crippen LogP contribution in [0.3, 0.4) is 0 Å². The lowest BCUT2D eigenvalue weighted by molar-refractivity contribution is 0.281. The Labute approximate surface area is 168 Å². The van der Waals surface area contributed by atoms with E-state index in [-0.39, 0.29) is 17.5 Å². The topological polar surface area (TPSA) is 116 Å². The van der Waals surface area contributed by atoms with Gasteiger partial charge >= 0.3 is 0 Å². The number of halogens is 1. The minimum Gasteiger partial charge on any atom is -0.394 e. The van der Waals surface area contributed by atoms with Gasteiger partial charge in [0.1, 0.15) is 5.82 Å². The number of aliphatic hydroxyl groups excluding tert-OH is 1. The molecule has 4 N–H and O–H groups in total. The fraction of sp³-hybridized carbons (Fsp3) is 0.412. The molecule has 0 aliphatic heterocycles. The molecular weight excluding hydrogens is 434 g/mol. The maximum atomic E-state index is 12.4. The highest BCUT2D eigenvalue weighted by Gasteiger charge is 2.14. The molecule has 0 radical (unpaired) electrons. The number of aromatic nitrogens is 2. The van der Waals surface area contributed by atoms with Crippen LogP contribution in [0.15, 0.2) is 39.8 Å². The minimum atomic E-state index is -3.56. The number of hydrogen-bond acceptors (Lipinski definition) is 7. The fourth-order valence-corrected chi connectivity index (χ4v) is 3.57. The van der Waals surface area contributed by atoms with Crippen LogP contribution in [0.25, 0.3) is 0 Å². The van der Waals surface area contributed by atoms with E-state index in [0.717, 1.165) is 12.8 Å². The monoisotopic (exact) mass is 457 g/mol. The molecule has 10 heteroatoms. The predicted molar refractivity (Wildman–Crippen MR) is 110 cm³/mol. The Morgan fingerprint density at radius 1 is 1.33 bits per heavy atom. The summed E-state index contributed by atoms with van der Waals surface area (Å²) in [5.74, 6) is 0.832. The lowest BCUT2D eigenvalue weighted by Crippen LogP contribution is -2.24. The summed E-state index contributed by atoms with van der Waals surface area (Å²) < 4.78 is 28.0. The molecule has 1 aromatic heterocycles. The van der Waals surface area contributed by atoms with Gasteiger partial charge in [0.25, 0.3) is 0 Å². The number of unbranched alkanes of at least 4 members (excludes halogenated alkanes) is 1. The lowest BCUT2D eigenvalue weighted by atomic mass is 10.3. The Hall–Kier alpha value is -1.75. The van der Waals surface area contributed by atoms with Crippen LogP contribution >= 0.6 is 15.9 Å². The zero-order valence-corrected chi connectivity index (χ0v) is 17.6. The molecule has 0 amide bonds. The van der Waals surface area contributed by atoms with Crippen molar-refractivity contribution >= 4 is 43.4 Å². The Morgan fingerprint density at radius 2 is 2.11 bits per heavy atom. The number of sulfonamides is 1. The molecule has 8 nitrogen and oxygen atoms in total. The Balaban J connectivity index is 2.17. The van der Waals surface area contributed by atoms with Gasteiger partial charge in [-0.15, -0.1) is 0 Å². The first-order valence-corrected chi connectivity index (χ1v) is 10.9. The maximum absolute atomic E-state index is 12.4. The van der Waals surface area contributed by atoms with E-state index in [0.29, 0.717) is 28.5 Å². The van der Waals surface area contributed by atoms with Crippen molar-refractivity contribution in [2.24, 2.45) is 0 Å². The van der Waals surface area contributed by atoms with E-state index in [4.69, 9.17) is 0 Å². The molecule has 0 aliphatic carbocycles. The second kappa shape index (κ2) is 9.98. The molecule has 0 unspecified atom stereocenters. The quantitative estimate of drug-likeness (QED) is 0.405. The number of hydrogen-bond donors (Lipinski definition) is 4. The molecule has 0 aliphatic rings. The molecule has 1 heterocycles. The molecule has 0 fully saturated rings. The molecule has 148 valence electrons. The Kier molecular flexibility index (Phi) is 7.96. The third kappa shape index (κ3) is 6.42. The Morgan fingerprint density at radius 3 is 2.81 bits per heavy atom. The van der Waals surface area contributed by atoms with Gasteiger partial charge in [-0.05, 0) is 47.5 Å². The van der Waals surface area contributed by atoms with E-state index in [9.17, 15) is 13.5 Å². The van der Waals surface area contributed by atoms with Crippen LogP contribution < -0.4 is 15.4 Å². The van der Waals surface area contributed by atoms with Crippen molar-refractivity contribution < 1.29 is 13.5 Å². The fourth-order valence-electron chi connectivity index (χ4n) is 2.14. The van der Waals surface area contributed by atoms with Crippen LogP contribution in [0.4, 0.5) is 17.5 Å². The van der Waals surface area contributed by atoms with E-state index in [1.54, 1.807) is 18.3 Å². The second-order valence-corrected chi connectivity index (χ2v) is 8.64. The van der Waals surface area contributed by atoms with E-state index in [2.05, 4.69) is 41.3 Å². The van der Waals surface area contributed by atoms with Gasteiger partial charge in [0, 0.05) is 24.5 Å². The van der Waals surface area contributed by atoms with Gasteiger partial charge in [-0.25, -0.2) is 18.1 Å². The number of rotatable bonds is 10. The highest BCUT2D eigenvalue weighted by atomic mass is 79.9. The average molecular weight is 458 g/mol. The third-order valence-electron chi connectivity index (χ3n) is 3.62.